The number of anilines is 1. The number of nitrogens with one attached hydrogen (secondary N) is 3. The van der Waals surface area contributed by atoms with Crippen LogP contribution < -0.4 is 25.6 Å². The molecule has 3 N–H and O–H groups in total. The summed E-state index contributed by atoms with van der Waals surface area (Å²) in [5, 5.41) is 3.62. The van der Waals surface area contributed by atoms with Crippen LogP contribution in [0.5, 0.6) is 11.5 Å². The molecule has 0 aromatic heterocycles. The van der Waals surface area contributed by atoms with Gasteiger partial charge in [0.15, 0.2) is 11.5 Å². The summed E-state index contributed by atoms with van der Waals surface area (Å²) in [5.41, 5.74) is 7.96. The molecule has 2 aliphatic rings. The molecule has 0 saturated carbocycles. The van der Waals surface area contributed by atoms with Crippen molar-refractivity contribution in [2.24, 2.45) is 0 Å². The largest absolute Gasteiger partial charge is 0.490 e. The van der Waals surface area contributed by atoms with Crippen molar-refractivity contribution in [3.8, 4) is 11.5 Å². The fourth-order valence-electron chi connectivity index (χ4n) is 3.14. The predicted octanol–water partition coefficient (Wildman–Crippen LogP) is 3.05. The number of carbonyl (C=O) groups is 1. The van der Waals surface area contributed by atoms with Crippen LogP contribution in [-0.4, -0.2) is 25.2 Å². The molecule has 0 spiro atoms. The van der Waals surface area contributed by atoms with E-state index < -0.39 is 0 Å². The zero-order valence-corrected chi connectivity index (χ0v) is 14.9. The number of fused-ring (bicyclic) bond motifs is 1. The smallest absolute Gasteiger partial charge is 0.242 e. The first kappa shape index (κ1) is 17.1. The lowest BCUT2D eigenvalue weighted by Crippen LogP contribution is -2.39. The normalized spacial score (nSPS) is 21.9. The van der Waals surface area contributed by atoms with E-state index in [9.17, 15) is 4.79 Å². The van der Waals surface area contributed by atoms with E-state index in [1.165, 1.54) is 0 Å². The zero-order valence-electron chi connectivity index (χ0n) is 14.1. The first-order valence-electron chi connectivity index (χ1n) is 8.66. The summed E-state index contributed by atoms with van der Waals surface area (Å²) in [5.74, 6) is 1.27. The van der Waals surface area contributed by atoms with Crippen LogP contribution in [0.3, 0.4) is 0 Å². The molecule has 0 aliphatic carbocycles. The molecule has 2 aromatic rings. The Labute approximate surface area is 156 Å². The molecule has 4 rings (SSSR count). The number of hydrogen-bond acceptors (Lipinski definition) is 5. The molecule has 26 heavy (non-hydrogen) atoms. The topological polar surface area (TPSA) is 71.6 Å². The second kappa shape index (κ2) is 7.53. The van der Waals surface area contributed by atoms with Gasteiger partial charge in [-0.3, -0.25) is 4.79 Å². The standard InChI is InChI=1S/C19H20ClN3O3/c20-13-4-1-3-12(9-13)15-11-16(23-22-15)19(24)21-14-5-6-17-18(10-14)26-8-2-7-25-17/h1,3-6,9-10,15-16,22-23H,2,7-8,11H2,(H,21,24). The Kier molecular flexibility index (Phi) is 4.97. The minimum Gasteiger partial charge on any atom is -0.490 e. The van der Waals surface area contributed by atoms with Gasteiger partial charge in [0.1, 0.15) is 6.04 Å². The monoisotopic (exact) mass is 373 g/mol. The van der Waals surface area contributed by atoms with Crippen LogP contribution >= 0.6 is 11.6 Å². The lowest BCUT2D eigenvalue weighted by molar-refractivity contribution is -0.117. The van der Waals surface area contributed by atoms with Gasteiger partial charge in [0.25, 0.3) is 0 Å². The van der Waals surface area contributed by atoms with Crippen molar-refractivity contribution in [2.75, 3.05) is 18.5 Å². The summed E-state index contributed by atoms with van der Waals surface area (Å²) in [6.45, 7) is 1.25. The maximum absolute atomic E-state index is 12.6. The summed E-state index contributed by atoms with van der Waals surface area (Å²) >= 11 is 6.05. The SMILES string of the molecule is O=C(Nc1ccc2c(c1)OCCCO2)C1CC(c2cccc(Cl)c2)NN1. The number of hydrazine groups is 1. The summed E-state index contributed by atoms with van der Waals surface area (Å²) < 4.78 is 11.3. The highest BCUT2D eigenvalue weighted by molar-refractivity contribution is 6.30. The van der Waals surface area contributed by atoms with Crippen molar-refractivity contribution in [1.82, 2.24) is 10.9 Å². The second-order valence-electron chi connectivity index (χ2n) is 6.39. The average Bonchev–Trinajstić information content (AvgIpc) is 3.02. The van der Waals surface area contributed by atoms with Crippen molar-refractivity contribution in [3.63, 3.8) is 0 Å². The van der Waals surface area contributed by atoms with Crippen LogP contribution in [0.1, 0.15) is 24.4 Å². The predicted molar refractivity (Wildman–Crippen MR) is 99.5 cm³/mol. The number of amides is 1. The molecular formula is C19H20ClN3O3. The van der Waals surface area contributed by atoms with Gasteiger partial charge in [-0.05, 0) is 36.2 Å². The average molecular weight is 374 g/mol. The number of rotatable bonds is 3. The molecule has 1 amide bonds. The molecule has 0 bridgehead atoms. The molecular weight excluding hydrogens is 354 g/mol. The highest BCUT2D eigenvalue weighted by atomic mass is 35.5. The van der Waals surface area contributed by atoms with Crippen molar-refractivity contribution in [1.29, 1.82) is 0 Å². The van der Waals surface area contributed by atoms with Crippen LogP contribution in [0.15, 0.2) is 42.5 Å². The molecule has 1 saturated heterocycles. The van der Waals surface area contributed by atoms with E-state index in [1.54, 1.807) is 6.07 Å². The van der Waals surface area contributed by atoms with Crippen LogP contribution in [0.25, 0.3) is 0 Å². The van der Waals surface area contributed by atoms with E-state index in [1.807, 2.05) is 36.4 Å². The minimum atomic E-state index is -0.338. The molecule has 0 radical (unpaired) electrons. The van der Waals surface area contributed by atoms with Gasteiger partial charge in [-0.1, -0.05) is 23.7 Å². The van der Waals surface area contributed by atoms with Gasteiger partial charge in [-0.15, -0.1) is 0 Å². The Balaban J connectivity index is 1.40. The fraction of sp³-hybridized carbons (Fsp3) is 0.316. The second-order valence-corrected chi connectivity index (χ2v) is 6.82. The third-order valence-electron chi connectivity index (χ3n) is 4.49. The van der Waals surface area contributed by atoms with Crippen LogP contribution in [0.4, 0.5) is 5.69 Å². The molecule has 7 heteroatoms. The molecule has 2 aromatic carbocycles. The number of benzene rings is 2. The van der Waals surface area contributed by atoms with Gasteiger partial charge >= 0.3 is 0 Å². The molecule has 2 heterocycles. The maximum atomic E-state index is 12.6. The van der Waals surface area contributed by atoms with Crippen molar-refractivity contribution in [3.05, 3.63) is 53.1 Å². The summed E-state index contributed by atoms with van der Waals surface area (Å²) in [4.78, 5) is 12.6. The zero-order chi connectivity index (χ0) is 17.9. The Morgan fingerprint density at radius 2 is 1.92 bits per heavy atom. The lowest BCUT2D eigenvalue weighted by atomic mass is 10.0. The number of halogens is 1. The number of carbonyl (C=O) groups excluding carboxylic acids is 1. The molecule has 2 aliphatic heterocycles. The first-order valence-corrected chi connectivity index (χ1v) is 9.04. The van der Waals surface area contributed by atoms with Gasteiger partial charge in [0.05, 0.1) is 13.2 Å². The van der Waals surface area contributed by atoms with Gasteiger partial charge in [-0.25, -0.2) is 10.9 Å². The van der Waals surface area contributed by atoms with E-state index in [2.05, 4.69) is 16.2 Å². The molecule has 2 atom stereocenters. The Hall–Kier alpha value is -2.28. The third kappa shape index (κ3) is 3.77. The highest BCUT2D eigenvalue weighted by Crippen LogP contribution is 2.32. The summed E-state index contributed by atoms with van der Waals surface area (Å²) in [6, 6.07) is 12.8. The van der Waals surface area contributed by atoms with E-state index in [0.717, 1.165) is 12.0 Å². The lowest BCUT2D eigenvalue weighted by Gasteiger charge is -2.13. The van der Waals surface area contributed by atoms with Crippen molar-refractivity contribution >= 4 is 23.2 Å². The minimum absolute atomic E-state index is 0.0354. The summed E-state index contributed by atoms with van der Waals surface area (Å²) in [6.07, 6.45) is 1.48. The van der Waals surface area contributed by atoms with Crippen LogP contribution in [-0.2, 0) is 4.79 Å². The van der Waals surface area contributed by atoms with Gasteiger partial charge in [-0.2, -0.15) is 0 Å². The maximum Gasteiger partial charge on any atom is 0.242 e. The van der Waals surface area contributed by atoms with Gasteiger partial charge in [0, 0.05) is 29.2 Å². The van der Waals surface area contributed by atoms with E-state index >= 15 is 0 Å². The summed E-state index contributed by atoms with van der Waals surface area (Å²) in [7, 11) is 0. The fourth-order valence-corrected chi connectivity index (χ4v) is 3.34. The van der Waals surface area contributed by atoms with E-state index in [0.29, 0.717) is 41.8 Å². The van der Waals surface area contributed by atoms with Crippen molar-refractivity contribution in [2.45, 2.75) is 24.9 Å². The Bertz CT molecular complexity index is 814. The van der Waals surface area contributed by atoms with E-state index in [-0.39, 0.29) is 18.0 Å². The molecule has 136 valence electrons. The number of hydrogen-bond donors (Lipinski definition) is 3. The van der Waals surface area contributed by atoms with Gasteiger partial charge < -0.3 is 14.8 Å². The van der Waals surface area contributed by atoms with Crippen LogP contribution in [0, 0.1) is 0 Å². The van der Waals surface area contributed by atoms with Crippen molar-refractivity contribution < 1.29 is 14.3 Å². The Morgan fingerprint density at radius 3 is 2.77 bits per heavy atom. The first-order chi connectivity index (χ1) is 12.7. The molecule has 2 unspecified atom stereocenters. The van der Waals surface area contributed by atoms with Gasteiger partial charge in [0.2, 0.25) is 5.91 Å². The van der Waals surface area contributed by atoms with E-state index in [4.69, 9.17) is 21.1 Å². The number of ether oxygens (including phenoxy) is 2. The quantitative estimate of drug-likeness (QED) is 0.771. The Morgan fingerprint density at radius 1 is 1.08 bits per heavy atom. The van der Waals surface area contributed by atoms with Crippen LogP contribution in [0.2, 0.25) is 5.02 Å². The molecule has 6 nitrogen and oxygen atoms in total. The highest BCUT2D eigenvalue weighted by Gasteiger charge is 2.30. The third-order valence-corrected chi connectivity index (χ3v) is 4.72. The molecule has 1 fully saturated rings.